The van der Waals surface area contributed by atoms with Crippen LogP contribution in [0, 0.1) is 0 Å². The third kappa shape index (κ3) is 3.02. The number of aryl methyl sites for hydroxylation is 1. The number of nitrogens with zero attached hydrogens (tertiary/aromatic N) is 4. The van der Waals surface area contributed by atoms with E-state index in [1.807, 2.05) is 12.2 Å². The van der Waals surface area contributed by atoms with Gasteiger partial charge in [0.25, 0.3) is 0 Å². The topological polar surface area (TPSA) is 72.2 Å². The molecule has 3 rings (SSSR count). The highest BCUT2D eigenvalue weighted by atomic mass is 32.1. The van der Waals surface area contributed by atoms with Gasteiger partial charge in [-0.05, 0) is 12.1 Å². The van der Waals surface area contributed by atoms with E-state index in [-0.39, 0.29) is 5.69 Å². The molecule has 120 valence electrons. The second-order valence-corrected chi connectivity index (χ2v) is 5.56. The Morgan fingerprint density at radius 3 is 2.83 bits per heavy atom. The Morgan fingerprint density at radius 2 is 2.13 bits per heavy atom. The molecular weight excluding hydrogens is 331 g/mol. The molecule has 3 aromatic rings. The number of aromatic nitrogens is 4. The van der Waals surface area contributed by atoms with Crippen molar-refractivity contribution >= 4 is 27.9 Å². The summed E-state index contributed by atoms with van der Waals surface area (Å²) in [5.74, 6) is -1.31. The highest BCUT2D eigenvalue weighted by Crippen LogP contribution is 2.28. The van der Waals surface area contributed by atoms with Crippen LogP contribution < -0.4 is 5.32 Å². The summed E-state index contributed by atoms with van der Waals surface area (Å²) in [6.45, 7) is 1.92. The van der Waals surface area contributed by atoms with Crippen LogP contribution in [-0.2, 0) is 11.2 Å². The molecular formula is C13H10F3N5OS. The monoisotopic (exact) mass is 341 g/mol. The van der Waals surface area contributed by atoms with Gasteiger partial charge in [-0.3, -0.25) is 4.79 Å². The van der Waals surface area contributed by atoms with Gasteiger partial charge in [-0.2, -0.15) is 22.8 Å². The van der Waals surface area contributed by atoms with Crippen LogP contribution in [0.2, 0.25) is 0 Å². The lowest BCUT2D eigenvalue weighted by Crippen LogP contribution is -2.29. The van der Waals surface area contributed by atoms with Crippen LogP contribution in [0.25, 0.3) is 15.5 Å². The third-order valence-corrected chi connectivity index (χ3v) is 3.94. The number of hydrogen-bond acceptors (Lipinski definition) is 5. The molecule has 23 heavy (non-hydrogen) atoms. The minimum absolute atomic E-state index is 0.0477. The number of carbonyl (C=O) groups is 1. The van der Waals surface area contributed by atoms with Crippen LogP contribution in [0.15, 0.2) is 24.3 Å². The van der Waals surface area contributed by atoms with Gasteiger partial charge in [-0.15, -0.1) is 10.2 Å². The molecule has 0 radical (unpaired) electrons. The quantitative estimate of drug-likeness (QED) is 0.795. The first-order chi connectivity index (χ1) is 10.9. The Morgan fingerprint density at radius 1 is 1.35 bits per heavy atom. The van der Waals surface area contributed by atoms with Crippen molar-refractivity contribution in [1.82, 2.24) is 19.8 Å². The molecule has 0 saturated heterocycles. The van der Waals surface area contributed by atoms with Crippen LogP contribution in [0.3, 0.4) is 0 Å². The molecule has 1 aromatic carbocycles. The number of nitrogens with one attached hydrogen (secondary N) is 1. The number of amides is 1. The minimum atomic E-state index is -4.93. The van der Waals surface area contributed by atoms with Gasteiger partial charge in [0.05, 0.1) is 0 Å². The average Bonchev–Trinajstić information content (AvgIpc) is 3.06. The van der Waals surface area contributed by atoms with Crippen molar-refractivity contribution in [2.75, 3.05) is 5.32 Å². The molecule has 6 nitrogen and oxygen atoms in total. The van der Waals surface area contributed by atoms with E-state index in [2.05, 4.69) is 15.3 Å². The number of benzene rings is 1. The first-order valence-electron chi connectivity index (χ1n) is 6.58. The highest BCUT2D eigenvalue weighted by molar-refractivity contribution is 7.19. The second kappa shape index (κ2) is 5.61. The summed E-state index contributed by atoms with van der Waals surface area (Å²) in [4.78, 5) is 11.6. The Bertz CT molecular complexity index is 870. The summed E-state index contributed by atoms with van der Waals surface area (Å²) < 4.78 is 38.5. The predicted octanol–water partition coefficient (Wildman–Crippen LogP) is 2.92. The Kier molecular flexibility index (Phi) is 3.76. The average molecular weight is 341 g/mol. The van der Waals surface area contributed by atoms with Gasteiger partial charge >= 0.3 is 12.1 Å². The second-order valence-electron chi connectivity index (χ2n) is 4.60. The fraction of sp³-hybridized carbons (Fsp3) is 0.231. The zero-order valence-electron chi connectivity index (χ0n) is 11.8. The van der Waals surface area contributed by atoms with Crippen LogP contribution in [-0.4, -0.2) is 31.9 Å². The van der Waals surface area contributed by atoms with Crippen molar-refractivity contribution in [2.24, 2.45) is 0 Å². The SMILES string of the molecule is CCc1nnc2sc(-c3cccc(NC(=O)C(F)(F)F)c3)nn12. The molecule has 0 bridgehead atoms. The van der Waals surface area contributed by atoms with E-state index < -0.39 is 12.1 Å². The standard InChI is InChI=1S/C13H10F3N5OS/c1-2-9-18-19-12-21(9)20-10(23-12)7-4-3-5-8(6-7)17-11(22)13(14,15)16/h3-6H,2H2,1H3,(H,17,22). The molecule has 2 aromatic heterocycles. The van der Waals surface area contributed by atoms with Gasteiger partial charge in [0, 0.05) is 17.7 Å². The number of halogens is 3. The van der Waals surface area contributed by atoms with Crippen molar-refractivity contribution < 1.29 is 18.0 Å². The molecule has 0 aliphatic heterocycles. The summed E-state index contributed by atoms with van der Waals surface area (Å²) in [5, 5.41) is 14.7. The normalized spacial score (nSPS) is 11.8. The highest BCUT2D eigenvalue weighted by Gasteiger charge is 2.38. The maximum atomic E-state index is 12.3. The van der Waals surface area contributed by atoms with Crippen LogP contribution >= 0.6 is 11.3 Å². The van der Waals surface area contributed by atoms with Gasteiger partial charge < -0.3 is 5.32 Å². The van der Waals surface area contributed by atoms with Gasteiger partial charge in [0.15, 0.2) is 5.82 Å². The predicted molar refractivity (Wildman–Crippen MR) is 78.2 cm³/mol. The van der Waals surface area contributed by atoms with E-state index in [1.54, 1.807) is 16.6 Å². The van der Waals surface area contributed by atoms with E-state index in [4.69, 9.17) is 0 Å². The number of anilines is 1. The maximum absolute atomic E-state index is 12.3. The smallest absolute Gasteiger partial charge is 0.318 e. The van der Waals surface area contributed by atoms with Gasteiger partial charge in [-0.25, -0.2) is 0 Å². The fourth-order valence-corrected chi connectivity index (χ4v) is 2.78. The lowest BCUT2D eigenvalue weighted by molar-refractivity contribution is -0.167. The van der Waals surface area contributed by atoms with E-state index in [1.165, 1.54) is 23.5 Å². The molecule has 0 aliphatic carbocycles. The Balaban J connectivity index is 1.92. The first-order valence-corrected chi connectivity index (χ1v) is 7.40. The summed E-state index contributed by atoms with van der Waals surface area (Å²) in [6, 6.07) is 6.05. The van der Waals surface area contributed by atoms with E-state index in [9.17, 15) is 18.0 Å². The summed E-state index contributed by atoms with van der Waals surface area (Å²) in [5.41, 5.74) is 0.633. The lowest BCUT2D eigenvalue weighted by atomic mass is 10.2. The fourth-order valence-electron chi connectivity index (χ4n) is 1.93. The minimum Gasteiger partial charge on any atom is -0.318 e. The van der Waals surface area contributed by atoms with Crippen molar-refractivity contribution in [3.8, 4) is 10.6 Å². The zero-order valence-corrected chi connectivity index (χ0v) is 12.6. The molecule has 1 amide bonds. The van der Waals surface area contributed by atoms with Gasteiger partial charge in [0.2, 0.25) is 4.96 Å². The largest absolute Gasteiger partial charge is 0.471 e. The molecule has 0 atom stereocenters. The first kappa shape index (κ1) is 15.4. The number of rotatable bonds is 3. The van der Waals surface area contributed by atoms with E-state index in [0.29, 0.717) is 27.8 Å². The van der Waals surface area contributed by atoms with Crippen LogP contribution in [0.1, 0.15) is 12.7 Å². The summed E-state index contributed by atoms with van der Waals surface area (Å²) in [7, 11) is 0. The Hall–Kier alpha value is -2.49. The number of hydrogen-bond donors (Lipinski definition) is 1. The molecule has 2 heterocycles. The maximum Gasteiger partial charge on any atom is 0.471 e. The van der Waals surface area contributed by atoms with E-state index >= 15 is 0 Å². The zero-order chi connectivity index (χ0) is 16.6. The number of carbonyl (C=O) groups excluding carboxylic acids is 1. The lowest BCUT2D eigenvalue weighted by Gasteiger charge is -2.08. The van der Waals surface area contributed by atoms with Gasteiger partial charge in [0.1, 0.15) is 5.01 Å². The Labute approximate surface area is 132 Å². The number of alkyl halides is 3. The van der Waals surface area contributed by atoms with E-state index in [0.717, 1.165) is 0 Å². The molecule has 0 aliphatic rings. The molecule has 0 fully saturated rings. The summed E-state index contributed by atoms with van der Waals surface area (Å²) in [6.07, 6.45) is -4.27. The number of fused-ring (bicyclic) bond motifs is 1. The third-order valence-electron chi connectivity index (χ3n) is 3.00. The summed E-state index contributed by atoms with van der Waals surface area (Å²) >= 11 is 1.26. The molecule has 1 N–H and O–H groups in total. The van der Waals surface area contributed by atoms with Crippen LogP contribution in [0.5, 0.6) is 0 Å². The van der Waals surface area contributed by atoms with Crippen molar-refractivity contribution in [2.45, 2.75) is 19.5 Å². The molecule has 10 heteroatoms. The molecule has 0 unspecified atom stereocenters. The van der Waals surface area contributed by atoms with Crippen molar-refractivity contribution in [3.05, 3.63) is 30.1 Å². The molecule has 0 spiro atoms. The van der Waals surface area contributed by atoms with Crippen LogP contribution in [0.4, 0.5) is 18.9 Å². The molecule has 0 saturated carbocycles. The van der Waals surface area contributed by atoms with Crippen molar-refractivity contribution in [3.63, 3.8) is 0 Å². The van der Waals surface area contributed by atoms with Crippen molar-refractivity contribution in [1.29, 1.82) is 0 Å². The van der Waals surface area contributed by atoms with Gasteiger partial charge in [-0.1, -0.05) is 30.4 Å².